The van der Waals surface area contributed by atoms with Crippen molar-refractivity contribution < 1.29 is 13.2 Å². The van der Waals surface area contributed by atoms with Gasteiger partial charge in [-0.05, 0) is 44.9 Å². The maximum Gasteiger partial charge on any atom is 0.225 e. The summed E-state index contributed by atoms with van der Waals surface area (Å²) in [5.41, 5.74) is 5.94. The Bertz CT molecular complexity index is 563. The van der Waals surface area contributed by atoms with Crippen LogP contribution in [0.3, 0.4) is 0 Å². The molecule has 3 fully saturated rings. The average molecular weight is 394 g/mol. The van der Waals surface area contributed by atoms with Gasteiger partial charge in [-0.25, -0.2) is 12.7 Å². The molecule has 6 nitrogen and oxygen atoms in total. The molecule has 2 N–H and O–H groups in total. The van der Waals surface area contributed by atoms with Gasteiger partial charge in [-0.2, -0.15) is 0 Å². The van der Waals surface area contributed by atoms with Crippen LogP contribution in [0.2, 0.25) is 0 Å². The minimum atomic E-state index is -3.33. The van der Waals surface area contributed by atoms with Crippen molar-refractivity contribution in [2.45, 2.75) is 63.2 Å². The third-order valence-corrected chi connectivity index (χ3v) is 8.39. The molecule has 1 aliphatic carbocycles. The molecule has 3 unspecified atom stereocenters. The Kier molecular flexibility index (Phi) is 7.16. The van der Waals surface area contributed by atoms with E-state index in [4.69, 9.17) is 5.73 Å². The molecule has 3 rings (SSSR count). The molecule has 1 saturated carbocycles. The summed E-state index contributed by atoms with van der Waals surface area (Å²) in [5.74, 6) is 0.558. The predicted molar refractivity (Wildman–Crippen MR) is 101 cm³/mol. The van der Waals surface area contributed by atoms with Gasteiger partial charge in [-0.3, -0.25) is 4.79 Å². The van der Waals surface area contributed by atoms with Crippen molar-refractivity contribution in [2.24, 2.45) is 17.6 Å². The number of hydrogen-bond donors (Lipinski definition) is 1. The highest BCUT2D eigenvalue weighted by Crippen LogP contribution is 2.30. The topological polar surface area (TPSA) is 83.7 Å². The van der Waals surface area contributed by atoms with Crippen molar-refractivity contribution >= 4 is 28.3 Å². The number of nitrogens with zero attached hydrogens (tertiary/aromatic N) is 2. The molecule has 1 amide bonds. The molecular formula is C17H32ClN3O3S. The lowest BCUT2D eigenvalue weighted by molar-refractivity contribution is -0.136. The predicted octanol–water partition coefficient (Wildman–Crippen LogP) is 1.59. The van der Waals surface area contributed by atoms with Crippen LogP contribution < -0.4 is 5.73 Å². The van der Waals surface area contributed by atoms with Crippen molar-refractivity contribution in [1.29, 1.82) is 0 Å². The second-order valence-electron chi connectivity index (χ2n) is 7.84. The van der Waals surface area contributed by atoms with E-state index in [-0.39, 0.29) is 36.2 Å². The highest BCUT2D eigenvalue weighted by Gasteiger charge is 2.41. The summed E-state index contributed by atoms with van der Waals surface area (Å²) in [6.07, 6.45) is 6.47. The molecule has 3 atom stereocenters. The minimum absolute atomic E-state index is 0. The van der Waals surface area contributed by atoms with Crippen molar-refractivity contribution in [3.8, 4) is 0 Å². The Hall–Kier alpha value is -0.370. The lowest BCUT2D eigenvalue weighted by Gasteiger charge is -2.35. The van der Waals surface area contributed by atoms with Gasteiger partial charge >= 0.3 is 0 Å². The standard InChI is InChI=1S/C17H31N3O3S.ClH/c1-13(18)15-8-10-20(11-15)24(22,23)16-7-4-9-19(12-16)17(21)14-5-2-3-6-14;/h13-16H,2-12,18H2,1H3;1H. The van der Waals surface area contributed by atoms with Gasteiger partial charge in [0.1, 0.15) is 0 Å². The molecule has 0 aromatic rings. The summed E-state index contributed by atoms with van der Waals surface area (Å²) in [5, 5.41) is -0.441. The van der Waals surface area contributed by atoms with Gasteiger partial charge in [0.2, 0.25) is 15.9 Å². The Morgan fingerprint density at radius 2 is 1.72 bits per heavy atom. The lowest BCUT2D eigenvalue weighted by Crippen LogP contribution is -2.50. The zero-order valence-electron chi connectivity index (χ0n) is 15.1. The van der Waals surface area contributed by atoms with E-state index in [1.807, 2.05) is 11.8 Å². The minimum Gasteiger partial charge on any atom is -0.341 e. The van der Waals surface area contributed by atoms with E-state index in [1.54, 1.807) is 4.31 Å². The number of nitrogens with two attached hydrogens (primary N) is 1. The number of likely N-dealkylation sites (tertiary alicyclic amines) is 1. The number of piperidine rings is 1. The van der Waals surface area contributed by atoms with Crippen LogP contribution >= 0.6 is 12.4 Å². The number of halogens is 1. The molecule has 0 spiro atoms. The van der Waals surface area contributed by atoms with Crippen LogP contribution in [0.1, 0.15) is 51.9 Å². The molecule has 0 aromatic carbocycles. The molecule has 3 aliphatic rings. The summed E-state index contributed by atoms with van der Waals surface area (Å²) in [4.78, 5) is 14.5. The quantitative estimate of drug-likeness (QED) is 0.786. The lowest BCUT2D eigenvalue weighted by atomic mass is 10.0. The van der Waals surface area contributed by atoms with Crippen LogP contribution in [0.4, 0.5) is 0 Å². The van der Waals surface area contributed by atoms with Gasteiger partial charge in [-0.15, -0.1) is 12.4 Å². The summed E-state index contributed by atoms with van der Waals surface area (Å²) in [6.45, 7) is 4.14. The number of carbonyl (C=O) groups excluding carboxylic acids is 1. The Balaban J connectivity index is 0.00000225. The van der Waals surface area contributed by atoms with E-state index in [9.17, 15) is 13.2 Å². The molecule has 2 saturated heterocycles. The van der Waals surface area contributed by atoms with E-state index in [0.717, 1.165) is 38.5 Å². The van der Waals surface area contributed by atoms with Gasteiger partial charge < -0.3 is 10.6 Å². The van der Waals surface area contributed by atoms with Gasteiger partial charge in [0, 0.05) is 38.1 Å². The van der Waals surface area contributed by atoms with Crippen LogP contribution in [0, 0.1) is 11.8 Å². The number of amides is 1. The first-order valence-electron chi connectivity index (χ1n) is 9.43. The average Bonchev–Trinajstić information content (AvgIpc) is 3.26. The smallest absolute Gasteiger partial charge is 0.225 e. The summed E-state index contributed by atoms with van der Waals surface area (Å²) >= 11 is 0. The van der Waals surface area contributed by atoms with Crippen molar-refractivity contribution in [2.75, 3.05) is 26.2 Å². The molecule has 146 valence electrons. The van der Waals surface area contributed by atoms with Gasteiger partial charge in [0.25, 0.3) is 0 Å². The molecule has 8 heteroatoms. The van der Waals surface area contributed by atoms with Crippen LogP contribution in [0.15, 0.2) is 0 Å². The van der Waals surface area contributed by atoms with Crippen LogP contribution in [-0.2, 0) is 14.8 Å². The Morgan fingerprint density at radius 1 is 1.04 bits per heavy atom. The summed E-state index contributed by atoms with van der Waals surface area (Å²) in [6, 6.07) is 0.0250. The number of rotatable bonds is 4. The van der Waals surface area contributed by atoms with E-state index < -0.39 is 15.3 Å². The van der Waals surface area contributed by atoms with Crippen molar-refractivity contribution in [1.82, 2.24) is 9.21 Å². The fraction of sp³-hybridized carbons (Fsp3) is 0.941. The maximum absolute atomic E-state index is 13.0. The highest BCUT2D eigenvalue weighted by atomic mass is 35.5. The van der Waals surface area contributed by atoms with E-state index in [0.29, 0.717) is 32.6 Å². The number of sulfonamides is 1. The summed E-state index contributed by atoms with van der Waals surface area (Å²) in [7, 11) is -3.33. The molecule has 2 aliphatic heterocycles. The van der Waals surface area contributed by atoms with Gasteiger partial charge in [0.05, 0.1) is 5.25 Å². The normalized spacial score (nSPS) is 30.2. The molecular weight excluding hydrogens is 362 g/mol. The SMILES string of the molecule is CC(N)C1CCN(S(=O)(=O)C2CCCN(C(=O)C3CCCC3)C2)C1.Cl. The Morgan fingerprint density at radius 3 is 2.32 bits per heavy atom. The fourth-order valence-electron chi connectivity index (χ4n) is 4.44. The number of carbonyl (C=O) groups is 1. The molecule has 25 heavy (non-hydrogen) atoms. The largest absolute Gasteiger partial charge is 0.341 e. The fourth-order valence-corrected chi connectivity index (χ4v) is 6.45. The first kappa shape index (κ1) is 20.9. The Labute approximate surface area is 157 Å². The van der Waals surface area contributed by atoms with E-state index >= 15 is 0 Å². The van der Waals surface area contributed by atoms with Crippen LogP contribution in [0.5, 0.6) is 0 Å². The maximum atomic E-state index is 13.0. The van der Waals surface area contributed by atoms with Gasteiger partial charge in [-0.1, -0.05) is 12.8 Å². The zero-order valence-corrected chi connectivity index (χ0v) is 16.7. The number of hydrogen-bond acceptors (Lipinski definition) is 4. The van der Waals surface area contributed by atoms with Crippen LogP contribution in [-0.4, -0.2) is 61.0 Å². The van der Waals surface area contributed by atoms with Gasteiger partial charge in [0.15, 0.2) is 0 Å². The van der Waals surface area contributed by atoms with Crippen LogP contribution in [0.25, 0.3) is 0 Å². The second-order valence-corrected chi connectivity index (χ2v) is 10.1. The highest BCUT2D eigenvalue weighted by molar-refractivity contribution is 7.89. The third kappa shape index (κ3) is 4.49. The molecule has 2 heterocycles. The molecule has 0 aromatic heterocycles. The van der Waals surface area contributed by atoms with E-state index in [2.05, 4.69) is 0 Å². The van der Waals surface area contributed by atoms with Crippen molar-refractivity contribution in [3.63, 3.8) is 0 Å². The second kappa shape index (κ2) is 8.55. The van der Waals surface area contributed by atoms with E-state index in [1.165, 1.54) is 0 Å². The monoisotopic (exact) mass is 393 g/mol. The molecule has 0 bridgehead atoms. The first-order chi connectivity index (χ1) is 11.4. The van der Waals surface area contributed by atoms with Crippen molar-refractivity contribution in [3.05, 3.63) is 0 Å². The first-order valence-corrected chi connectivity index (χ1v) is 10.9. The zero-order chi connectivity index (χ0) is 17.3. The molecule has 0 radical (unpaired) electrons. The third-order valence-electron chi connectivity index (χ3n) is 6.11. The summed E-state index contributed by atoms with van der Waals surface area (Å²) < 4.78 is 27.6.